The summed E-state index contributed by atoms with van der Waals surface area (Å²) in [5.41, 5.74) is 3.08. The number of hydrogen-bond donors (Lipinski definition) is 1. The van der Waals surface area contributed by atoms with Gasteiger partial charge in [-0.05, 0) is 44.7 Å². The van der Waals surface area contributed by atoms with Crippen molar-refractivity contribution < 1.29 is 4.79 Å². The summed E-state index contributed by atoms with van der Waals surface area (Å²) in [5, 5.41) is 6.47. The minimum absolute atomic E-state index is 0.195. The minimum Gasteiger partial charge on any atom is -0.374 e. The highest BCUT2D eigenvalue weighted by Gasteiger charge is 2.24. The van der Waals surface area contributed by atoms with Crippen LogP contribution in [0, 0.1) is 12.8 Å². The van der Waals surface area contributed by atoms with Gasteiger partial charge in [-0.25, -0.2) is 4.98 Å². The third kappa shape index (κ3) is 3.96. The Morgan fingerprint density at radius 1 is 1.29 bits per heavy atom. The van der Waals surface area contributed by atoms with Crippen LogP contribution < -0.4 is 5.32 Å². The number of likely N-dealkylation sites (tertiary alicyclic amines) is 1. The van der Waals surface area contributed by atoms with Crippen molar-refractivity contribution in [3.05, 3.63) is 34.7 Å². The number of nitrogens with zero attached hydrogens (tertiary/aromatic N) is 2. The Morgan fingerprint density at radius 2 is 1.96 bits per heavy atom. The quantitative estimate of drug-likeness (QED) is 0.906. The molecule has 0 bridgehead atoms. The van der Waals surface area contributed by atoms with Crippen molar-refractivity contribution in [2.45, 2.75) is 39.7 Å². The first kappa shape index (κ1) is 17.0. The number of benzene rings is 1. The van der Waals surface area contributed by atoms with E-state index in [2.05, 4.69) is 34.7 Å². The van der Waals surface area contributed by atoms with Crippen LogP contribution in [0.2, 0.25) is 0 Å². The molecule has 5 heteroatoms. The van der Waals surface area contributed by atoms with Gasteiger partial charge in [-0.15, -0.1) is 11.3 Å². The number of hydrogen-bond acceptors (Lipinski definition) is 4. The molecule has 1 saturated heterocycles. The number of aryl methyl sites for hydroxylation is 1. The highest BCUT2D eigenvalue weighted by molar-refractivity contribution is 7.09. The largest absolute Gasteiger partial charge is 0.374 e. The average molecular weight is 343 g/mol. The fourth-order valence-electron chi connectivity index (χ4n) is 3.05. The molecule has 2 aromatic rings. The van der Waals surface area contributed by atoms with Gasteiger partial charge in [-0.1, -0.05) is 19.1 Å². The monoisotopic (exact) mass is 343 g/mol. The molecule has 0 saturated carbocycles. The number of nitrogens with one attached hydrogen (secondary N) is 1. The van der Waals surface area contributed by atoms with Crippen molar-refractivity contribution in [3.63, 3.8) is 0 Å². The topological polar surface area (TPSA) is 45.2 Å². The van der Waals surface area contributed by atoms with Gasteiger partial charge in [-0.3, -0.25) is 4.79 Å². The molecule has 1 fully saturated rings. The zero-order valence-electron chi connectivity index (χ0n) is 14.6. The molecule has 1 aliphatic heterocycles. The number of aromatic nitrogens is 1. The predicted octanol–water partition coefficient (Wildman–Crippen LogP) is 4.18. The van der Waals surface area contributed by atoms with Crippen LogP contribution in [0.1, 0.15) is 31.7 Å². The SMILES string of the molecule is Cc1nc(-c2ccc(N[C@@H](C)C(=O)N3CCC(C)CC3)cc2)cs1. The molecule has 2 heterocycles. The van der Waals surface area contributed by atoms with E-state index in [4.69, 9.17) is 0 Å². The molecule has 1 atom stereocenters. The van der Waals surface area contributed by atoms with Gasteiger partial charge in [0.25, 0.3) is 0 Å². The molecule has 0 radical (unpaired) electrons. The molecule has 1 aromatic heterocycles. The predicted molar refractivity (Wildman–Crippen MR) is 100 cm³/mol. The van der Waals surface area contributed by atoms with E-state index in [0.29, 0.717) is 0 Å². The van der Waals surface area contributed by atoms with Gasteiger partial charge in [0.15, 0.2) is 0 Å². The lowest BCUT2D eigenvalue weighted by Gasteiger charge is -2.32. The van der Waals surface area contributed by atoms with E-state index < -0.39 is 0 Å². The lowest BCUT2D eigenvalue weighted by Crippen LogP contribution is -2.45. The van der Waals surface area contributed by atoms with Crippen LogP contribution in [0.4, 0.5) is 5.69 Å². The molecule has 0 aliphatic carbocycles. The summed E-state index contributed by atoms with van der Waals surface area (Å²) in [5.74, 6) is 0.931. The second-order valence-corrected chi connectivity index (χ2v) is 7.77. The smallest absolute Gasteiger partial charge is 0.244 e. The van der Waals surface area contributed by atoms with E-state index in [9.17, 15) is 4.79 Å². The van der Waals surface area contributed by atoms with Crippen LogP contribution in [0.15, 0.2) is 29.6 Å². The maximum Gasteiger partial charge on any atom is 0.244 e. The van der Waals surface area contributed by atoms with E-state index in [1.807, 2.05) is 30.9 Å². The van der Waals surface area contributed by atoms with Crippen molar-refractivity contribution in [2.24, 2.45) is 5.92 Å². The van der Waals surface area contributed by atoms with Crippen LogP contribution in [0.25, 0.3) is 11.3 Å². The van der Waals surface area contributed by atoms with Crippen molar-refractivity contribution in [1.82, 2.24) is 9.88 Å². The molecular weight excluding hydrogens is 318 g/mol. The molecule has 24 heavy (non-hydrogen) atoms. The van der Waals surface area contributed by atoms with Gasteiger partial charge < -0.3 is 10.2 Å². The molecule has 1 aliphatic rings. The Morgan fingerprint density at radius 3 is 2.54 bits per heavy atom. The molecule has 0 spiro atoms. The summed E-state index contributed by atoms with van der Waals surface area (Å²) in [7, 11) is 0. The van der Waals surface area contributed by atoms with Gasteiger partial charge in [0.2, 0.25) is 5.91 Å². The van der Waals surface area contributed by atoms with Crippen LogP contribution >= 0.6 is 11.3 Å². The van der Waals surface area contributed by atoms with E-state index >= 15 is 0 Å². The second kappa shape index (κ2) is 7.34. The summed E-state index contributed by atoms with van der Waals surface area (Å²) in [6.45, 7) is 7.98. The Labute approximate surface area is 147 Å². The molecule has 1 N–H and O–H groups in total. The maximum atomic E-state index is 12.6. The second-order valence-electron chi connectivity index (χ2n) is 6.70. The third-order valence-electron chi connectivity index (χ3n) is 4.65. The molecule has 0 unspecified atom stereocenters. The number of thiazole rings is 1. The van der Waals surface area contributed by atoms with E-state index in [0.717, 1.165) is 53.8 Å². The highest BCUT2D eigenvalue weighted by Crippen LogP contribution is 2.23. The lowest BCUT2D eigenvalue weighted by molar-refractivity contribution is -0.132. The zero-order chi connectivity index (χ0) is 17.1. The fourth-order valence-corrected chi connectivity index (χ4v) is 3.67. The summed E-state index contributed by atoms with van der Waals surface area (Å²) >= 11 is 1.66. The van der Waals surface area contributed by atoms with Crippen LogP contribution in [0.5, 0.6) is 0 Å². The molecule has 128 valence electrons. The summed E-state index contributed by atoms with van der Waals surface area (Å²) in [6, 6.07) is 7.94. The van der Waals surface area contributed by atoms with E-state index in [1.54, 1.807) is 11.3 Å². The molecule has 4 nitrogen and oxygen atoms in total. The Hall–Kier alpha value is -1.88. The molecule has 3 rings (SSSR count). The standard InChI is InChI=1S/C19H25N3OS/c1-13-8-10-22(11-9-13)19(23)14(2)20-17-6-4-16(5-7-17)18-12-24-15(3)21-18/h4-7,12-14,20H,8-11H2,1-3H3/t14-/m0/s1. The van der Waals surface area contributed by atoms with Crippen LogP contribution in [0.3, 0.4) is 0 Å². The average Bonchev–Trinajstić information content (AvgIpc) is 3.02. The van der Waals surface area contributed by atoms with Crippen molar-refractivity contribution >= 4 is 22.9 Å². The zero-order valence-corrected chi connectivity index (χ0v) is 15.4. The summed E-state index contributed by atoms with van der Waals surface area (Å²) < 4.78 is 0. The first-order valence-electron chi connectivity index (χ1n) is 8.61. The third-order valence-corrected chi connectivity index (χ3v) is 5.42. The van der Waals surface area contributed by atoms with Gasteiger partial charge in [-0.2, -0.15) is 0 Å². The van der Waals surface area contributed by atoms with Crippen molar-refractivity contribution in [3.8, 4) is 11.3 Å². The normalized spacial score (nSPS) is 16.9. The van der Waals surface area contributed by atoms with Gasteiger partial charge in [0, 0.05) is 29.7 Å². The minimum atomic E-state index is -0.203. The Balaban J connectivity index is 1.60. The number of anilines is 1. The number of piperidine rings is 1. The Kier molecular flexibility index (Phi) is 5.19. The van der Waals surface area contributed by atoms with Gasteiger partial charge >= 0.3 is 0 Å². The molecular formula is C19H25N3OS. The molecule has 1 aromatic carbocycles. The van der Waals surface area contributed by atoms with Crippen molar-refractivity contribution in [2.75, 3.05) is 18.4 Å². The van der Waals surface area contributed by atoms with Crippen molar-refractivity contribution in [1.29, 1.82) is 0 Å². The number of rotatable bonds is 4. The van der Waals surface area contributed by atoms with Gasteiger partial charge in [0.05, 0.1) is 10.7 Å². The first-order valence-corrected chi connectivity index (χ1v) is 9.49. The highest BCUT2D eigenvalue weighted by atomic mass is 32.1. The van der Waals surface area contributed by atoms with E-state index in [-0.39, 0.29) is 11.9 Å². The van der Waals surface area contributed by atoms with Crippen LogP contribution in [-0.4, -0.2) is 34.9 Å². The number of carbonyl (C=O) groups is 1. The lowest BCUT2D eigenvalue weighted by atomic mass is 9.99. The maximum absolute atomic E-state index is 12.6. The van der Waals surface area contributed by atoms with Crippen LogP contribution in [-0.2, 0) is 4.79 Å². The molecule has 1 amide bonds. The fraction of sp³-hybridized carbons (Fsp3) is 0.474. The first-order chi connectivity index (χ1) is 11.5. The summed E-state index contributed by atoms with van der Waals surface area (Å²) in [4.78, 5) is 19.0. The number of amides is 1. The van der Waals surface area contributed by atoms with E-state index in [1.165, 1.54) is 0 Å². The summed E-state index contributed by atoms with van der Waals surface area (Å²) in [6.07, 6.45) is 2.22. The number of carbonyl (C=O) groups excluding carboxylic acids is 1. The van der Waals surface area contributed by atoms with Gasteiger partial charge in [0.1, 0.15) is 6.04 Å². The Bertz CT molecular complexity index is 687.